The Morgan fingerprint density at radius 2 is 1.24 bits per heavy atom. The summed E-state index contributed by atoms with van der Waals surface area (Å²) in [7, 11) is 0. The molecule has 5 heteroatoms. The molecule has 0 radical (unpaired) electrons. The number of carbonyl (C=O) groups is 2. The van der Waals surface area contributed by atoms with Crippen molar-refractivity contribution in [3.63, 3.8) is 0 Å². The molecular weight excluding hydrogens is 274 g/mol. The molecule has 0 aliphatic rings. The summed E-state index contributed by atoms with van der Waals surface area (Å²) >= 11 is -0.370. The summed E-state index contributed by atoms with van der Waals surface area (Å²) in [6.45, 7) is 4.04. The maximum absolute atomic E-state index is 10.5. The average molecular weight is 296 g/mol. The summed E-state index contributed by atoms with van der Waals surface area (Å²) in [5.74, 6) is -0.367. The number of hydrogen-bond donors (Lipinski definition) is 0. The van der Waals surface area contributed by atoms with E-state index in [4.69, 9.17) is 9.47 Å². The van der Waals surface area contributed by atoms with E-state index in [1.165, 1.54) is 36.7 Å². The van der Waals surface area contributed by atoms with Crippen molar-refractivity contribution in [2.45, 2.75) is 49.6 Å². The Bertz CT molecular complexity index is 197. The van der Waals surface area contributed by atoms with Gasteiger partial charge in [-0.3, -0.25) is 0 Å². The standard InChI is InChI=1S/2C6H11O2.Zn/c2*1-3-4-5-8-6(2)7;/h2*1,3-5H2,2H3;. The van der Waals surface area contributed by atoms with Crippen LogP contribution in [-0.4, -0.2) is 25.2 Å². The van der Waals surface area contributed by atoms with Crippen molar-refractivity contribution >= 4 is 11.9 Å². The monoisotopic (exact) mass is 294 g/mol. The number of unbranched alkanes of at least 4 members (excludes halogenated alkanes) is 2. The van der Waals surface area contributed by atoms with Crippen LogP contribution in [0.4, 0.5) is 0 Å². The fourth-order valence-electron chi connectivity index (χ4n) is 1.52. The number of rotatable bonds is 10. The molecule has 0 aromatic carbocycles. The summed E-state index contributed by atoms with van der Waals surface area (Å²) in [4.78, 5) is 21.0. The van der Waals surface area contributed by atoms with Crippen molar-refractivity contribution in [3.8, 4) is 0 Å². The molecule has 0 aliphatic carbocycles. The molecule has 0 fully saturated rings. The maximum atomic E-state index is 10.5. The molecule has 0 atom stereocenters. The second-order valence-corrected chi connectivity index (χ2v) is 8.61. The minimum atomic E-state index is -0.370. The molecule has 0 saturated heterocycles. The van der Waals surface area contributed by atoms with Gasteiger partial charge in [-0.15, -0.1) is 0 Å². The van der Waals surface area contributed by atoms with Crippen LogP contribution in [-0.2, 0) is 36.2 Å². The normalized spacial score (nSPS) is 9.53. The van der Waals surface area contributed by atoms with Gasteiger partial charge in [0.1, 0.15) is 0 Å². The van der Waals surface area contributed by atoms with Gasteiger partial charge in [0.15, 0.2) is 0 Å². The molecule has 0 amide bonds. The third kappa shape index (κ3) is 15.6. The summed E-state index contributed by atoms with van der Waals surface area (Å²) in [6.07, 6.45) is 4.38. The summed E-state index contributed by atoms with van der Waals surface area (Å²) in [6, 6.07) is 0. The number of carbonyl (C=O) groups excluding carboxylic acids is 2. The van der Waals surface area contributed by atoms with E-state index in [-0.39, 0.29) is 29.1 Å². The van der Waals surface area contributed by atoms with Gasteiger partial charge >= 0.3 is 111 Å². The van der Waals surface area contributed by atoms with E-state index >= 15 is 0 Å². The predicted octanol–water partition coefficient (Wildman–Crippen LogP) is 2.59. The molecule has 17 heavy (non-hydrogen) atoms. The van der Waals surface area contributed by atoms with E-state index in [0.29, 0.717) is 13.2 Å². The van der Waals surface area contributed by atoms with E-state index in [2.05, 4.69) is 0 Å². The van der Waals surface area contributed by atoms with Crippen molar-refractivity contribution in [1.82, 2.24) is 0 Å². The third-order valence-corrected chi connectivity index (χ3v) is 6.60. The molecule has 0 unspecified atom stereocenters. The molecule has 0 heterocycles. The molecule has 0 aliphatic heterocycles. The first-order valence-corrected chi connectivity index (χ1v) is 10.6. The second-order valence-electron chi connectivity index (χ2n) is 4.15. The summed E-state index contributed by atoms with van der Waals surface area (Å²) < 4.78 is 9.71. The minimum absolute atomic E-state index is 0.183. The molecule has 0 spiro atoms. The van der Waals surface area contributed by atoms with Gasteiger partial charge < -0.3 is 0 Å². The molecule has 0 aromatic heterocycles. The summed E-state index contributed by atoms with van der Waals surface area (Å²) in [5, 5.41) is 2.73. The van der Waals surface area contributed by atoms with Gasteiger partial charge in [0.2, 0.25) is 0 Å². The van der Waals surface area contributed by atoms with Gasteiger partial charge in [0.05, 0.1) is 0 Å². The van der Waals surface area contributed by atoms with Gasteiger partial charge in [-0.05, 0) is 0 Å². The number of hydrogen-bond acceptors (Lipinski definition) is 4. The van der Waals surface area contributed by atoms with Gasteiger partial charge in [-0.1, -0.05) is 0 Å². The molecule has 0 rings (SSSR count). The molecule has 0 N–H and O–H groups in total. The first kappa shape index (κ1) is 16.6. The van der Waals surface area contributed by atoms with Crippen molar-refractivity contribution in [2.24, 2.45) is 0 Å². The number of ether oxygens (including phenoxy) is 2. The third-order valence-electron chi connectivity index (χ3n) is 2.40. The average Bonchev–Trinajstić information content (AvgIpc) is 2.25. The zero-order valence-electron chi connectivity index (χ0n) is 11.0. The Hall–Kier alpha value is -0.437. The van der Waals surface area contributed by atoms with Crippen LogP contribution in [0.1, 0.15) is 39.5 Å². The first-order valence-electron chi connectivity index (χ1n) is 6.39. The van der Waals surface area contributed by atoms with E-state index < -0.39 is 0 Å². The van der Waals surface area contributed by atoms with Crippen LogP contribution < -0.4 is 0 Å². The molecule has 96 valence electrons. The summed E-state index contributed by atoms with van der Waals surface area (Å²) in [5.41, 5.74) is 0. The Balaban J connectivity index is 2.98. The van der Waals surface area contributed by atoms with E-state index in [9.17, 15) is 9.59 Å². The topological polar surface area (TPSA) is 52.6 Å². The second kappa shape index (κ2) is 12.0. The molecule has 0 bridgehead atoms. The van der Waals surface area contributed by atoms with Crippen LogP contribution in [0.25, 0.3) is 0 Å². The molecular formula is C12H22O4Zn. The Morgan fingerprint density at radius 1 is 0.824 bits per heavy atom. The molecule has 0 aromatic rings. The van der Waals surface area contributed by atoms with Gasteiger partial charge in [-0.25, -0.2) is 0 Å². The van der Waals surface area contributed by atoms with Crippen LogP contribution in [0.3, 0.4) is 0 Å². The van der Waals surface area contributed by atoms with Crippen LogP contribution in [0, 0.1) is 0 Å². The molecule has 4 nitrogen and oxygen atoms in total. The Morgan fingerprint density at radius 3 is 1.59 bits per heavy atom. The van der Waals surface area contributed by atoms with Crippen LogP contribution in [0.5, 0.6) is 0 Å². The van der Waals surface area contributed by atoms with Crippen molar-refractivity contribution < 1.29 is 36.2 Å². The van der Waals surface area contributed by atoms with Crippen molar-refractivity contribution in [1.29, 1.82) is 0 Å². The number of esters is 2. The fraction of sp³-hybridized carbons (Fsp3) is 0.833. The quantitative estimate of drug-likeness (QED) is 0.353. The first-order chi connectivity index (χ1) is 8.13. The van der Waals surface area contributed by atoms with Gasteiger partial charge in [0.25, 0.3) is 0 Å². The van der Waals surface area contributed by atoms with Crippen molar-refractivity contribution in [3.05, 3.63) is 0 Å². The van der Waals surface area contributed by atoms with Gasteiger partial charge in [0, 0.05) is 0 Å². The zero-order valence-corrected chi connectivity index (χ0v) is 14.0. The Kier molecular flexibility index (Phi) is 11.7. The van der Waals surface area contributed by atoms with Crippen molar-refractivity contribution in [2.75, 3.05) is 13.2 Å². The van der Waals surface area contributed by atoms with Gasteiger partial charge in [-0.2, -0.15) is 0 Å². The predicted molar refractivity (Wildman–Crippen MR) is 61.3 cm³/mol. The SMILES string of the molecule is CC(=O)OCCC[CH2][Zn][CH2]CCCOC(C)=O. The fourth-order valence-corrected chi connectivity index (χ4v) is 5.23. The van der Waals surface area contributed by atoms with E-state index in [0.717, 1.165) is 12.8 Å². The van der Waals surface area contributed by atoms with Crippen LogP contribution >= 0.6 is 0 Å². The Labute approximate surface area is 111 Å². The van der Waals surface area contributed by atoms with Crippen LogP contribution in [0.15, 0.2) is 0 Å². The zero-order chi connectivity index (χ0) is 12.9. The van der Waals surface area contributed by atoms with E-state index in [1.807, 2.05) is 0 Å². The molecule has 0 saturated carbocycles. The van der Waals surface area contributed by atoms with Crippen LogP contribution in [0.2, 0.25) is 10.0 Å². The van der Waals surface area contributed by atoms with E-state index in [1.54, 1.807) is 0 Å².